The van der Waals surface area contributed by atoms with E-state index in [-0.39, 0.29) is 5.91 Å². The summed E-state index contributed by atoms with van der Waals surface area (Å²) in [5.41, 5.74) is 3.52. The summed E-state index contributed by atoms with van der Waals surface area (Å²) in [5.74, 6) is 0.843. The number of fused-ring (bicyclic) bond motifs is 1. The summed E-state index contributed by atoms with van der Waals surface area (Å²) in [6.07, 6.45) is 3.98. The lowest BCUT2D eigenvalue weighted by molar-refractivity contribution is 0.0766. The molecule has 0 saturated carbocycles. The van der Waals surface area contributed by atoms with Crippen molar-refractivity contribution in [1.29, 1.82) is 0 Å². The van der Waals surface area contributed by atoms with Gasteiger partial charge >= 0.3 is 0 Å². The van der Waals surface area contributed by atoms with Crippen LogP contribution in [-0.4, -0.2) is 46.0 Å². The molecule has 3 aromatic carbocycles. The molecule has 0 bridgehead atoms. The zero-order valence-corrected chi connectivity index (χ0v) is 18.1. The standard InChI is InChI=1S/C25H26N4O2/c1-4-28(16-13-19-10-12-24(31-3)21-8-6-5-7-20(19)21)25(30)22-17-18(2)9-11-23(22)29-26-14-15-27-29/h5-12,14-15,17H,4,13,16H2,1-3H3. The fourth-order valence-corrected chi connectivity index (χ4v) is 3.89. The van der Waals surface area contributed by atoms with Crippen LogP contribution in [0.25, 0.3) is 16.5 Å². The largest absolute Gasteiger partial charge is 0.496 e. The lowest BCUT2D eigenvalue weighted by atomic mass is 10.0. The summed E-state index contributed by atoms with van der Waals surface area (Å²) >= 11 is 0. The lowest BCUT2D eigenvalue weighted by Crippen LogP contribution is -2.33. The van der Waals surface area contributed by atoms with Crippen molar-refractivity contribution >= 4 is 16.7 Å². The van der Waals surface area contributed by atoms with Gasteiger partial charge in [-0.25, -0.2) is 0 Å². The highest BCUT2D eigenvalue weighted by Crippen LogP contribution is 2.29. The molecule has 1 heterocycles. The number of likely N-dealkylation sites (N-methyl/N-ethyl adjacent to an activating group) is 1. The van der Waals surface area contributed by atoms with Gasteiger partial charge in [0.2, 0.25) is 0 Å². The Bertz CT molecular complexity index is 1200. The molecule has 0 fully saturated rings. The van der Waals surface area contributed by atoms with Gasteiger partial charge in [0.15, 0.2) is 0 Å². The number of ether oxygens (including phenoxy) is 1. The van der Waals surface area contributed by atoms with Gasteiger partial charge in [-0.15, -0.1) is 0 Å². The van der Waals surface area contributed by atoms with Crippen molar-refractivity contribution < 1.29 is 9.53 Å². The third kappa shape index (κ3) is 4.14. The number of benzene rings is 3. The van der Waals surface area contributed by atoms with Gasteiger partial charge in [0.05, 0.1) is 30.8 Å². The molecule has 0 radical (unpaired) electrons. The molecule has 1 aromatic heterocycles. The number of rotatable bonds is 7. The number of carbonyl (C=O) groups is 1. The van der Waals surface area contributed by atoms with Crippen LogP contribution in [0.2, 0.25) is 0 Å². The molecule has 0 aliphatic heterocycles. The van der Waals surface area contributed by atoms with Gasteiger partial charge in [0, 0.05) is 18.5 Å². The third-order valence-electron chi connectivity index (χ3n) is 5.53. The van der Waals surface area contributed by atoms with Gasteiger partial charge in [-0.1, -0.05) is 42.0 Å². The summed E-state index contributed by atoms with van der Waals surface area (Å²) in [6.45, 7) is 5.22. The second-order valence-corrected chi connectivity index (χ2v) is 7.45. The zero-order chi connectivity index (χ0) is 21.8. The Kier molecular flexibility index (Phi) is 5.98. The highest BCUT2D eigenvalue weighted by molar-refractivity contribution is 5.98. The van der Waals surface area contributed by atoms with E-state index in [0.717, 1.165) is 28.5 Å². The quantitative estimate of drug-likeness (QED) is 0.449. The number of aryl methyl sites for hydroxylation is 1. The molecule has 6 nitrogen and oxygen atoms in total. The number of methoxy groups -OCH3 is 1. The van der Waals surface area contributed by atoms with Crippen LogP contribution in [0.4, 0.5) is 0 Å². The number of amides is 1. The molecule has 0 aliphatic carbocycles. The summed E-state index contributed by atoms with van der Waals surface area (Å²) in [7, 11) is 1.69. The maximum absolute atomic E-state index is 13.5. The van der Waals surface area contributed by atoms with E-state index in [9.17, 15) is 4.79 Å². The average Bonchev–Trinajstić information content (AvgIpc) is 3.34. The van der Waals surface area contributed by atoms with Crippen LogP contribution in [0.15, 0.2) is 67.0 Å². The molecule has 1 amide bonds. The minimum Gasteiger partial charge on any atom is -0.496 e. The van der Waals surface area contributed by atoms with Crippen molar-refractivity contribution in [3.8, 4) is 11.4 Å². The van der Waals surface area contributed by atoms with Crippen molar-refractivity contribution in [2.75, 3.05) is 20.2 Å². The fraction of sp³-hybridized carbons (Fsp3) is 0.240. The normalized spacial score (nSPS) is 10.9. The molecule has 0 saturated heterocycles. The van der Waals surface area contributed by atoms with E-state index in [0.29, 0.717) is 24.3 Å². The Labute approximate surface area is 182 Å². The van der Waals surface area contributed by atoms with Crippen LogP contribution in [-0.2, 0) is 6.42 Å². The minimum absolute atomic E-state index is 0.0173. The molecular formula is C25H26N4O2. The molecule has 0 spiro atoms. The van der Waals surface area contributed by atoms with Gasteiger partial charge in [0.1, 0.15) is 5.75 Å². The third-order valence-corrected chi connectivity index (χ3v) is 5.53. The Balaban J connectivity index is 1.61. The van der Waals surface area contributed by atoms with Gasteiger partial charge in [-0.2, -0.15) is 15.0 Å². The number of carbonyl (C=O) groups excluding carboxylic acids is 1. The predicted octanol–water partition coefficient (Wildman–Crippen LogP) is 4.44. The number of aromatic nitrogens is 3. The monoisotopic (exact) mass is 414 g/mol. The topological polar surface area (TPSA) is 60.2 Å². The van der Waals surface area contributed by atoms with E-state index in [1.54, 1.807) is 19.5 Å². The lowest BCUT2D eigenvalue weighted by Gasteiger charge is -2.23. The molecule has 0 N–H and O–H groups in total. The van der Waals surface area contributed by atoms with E-state index >= 15 is 0 Å². The minimum atomic E-state index is -0.0173. The van der Waals surface area contributed by atoms with Crippen LogP contribution in [0, 0.1) is 6.92 Å². The summed E-state index contributed by atoms with van der Waals surface area (Å²) < 4.78 is 5.51. The van der Waals surface area contributed by atoms with E-state index < -0.39 is 0 Å². The summed E-state index contributed by atoms with van der Waals surface area (Å²) in [5, 5.41) is 10.7. The van der Waals surface area contributed by atoms with Crippen LogP contribution >= 0.6 is 0 Å². The Morgan fingerprint density at radius 3 is 2.48 bits per heavy atom. The summed E-state index contributed by atoms with van der Waals surface area (Å²) in [4.78, 5) is 16.8. The first-order chi connectivity index (χ1) is 15.1. The highest BCUT2D eigenvalue weighted by Gasteiger charge is 2.20. The molecule has 4 aromatic rings. The summed E-state index contributed by atoms with van der Waals surface area (Å²) in [6, 6.07) is 18.1. The number of nitrogens with zero attached hydrogens (tertiary/aromatic N) is 4. The number of hydrogen-bond acceptors (Lipinski definition) is 4. The van der Waals surface area contributed by atoms with Crippen molar-refractivity contribution in [3.05, 3.63) is 83.7 Å². The fourth-order valence-electron chi connectivity index (χ4n) is 3.89. The van der Waals surface area contributed by atoms with Gasteiger partial charge in [-0.05, 0) is 49.4 Å². The molecule has 0 aliphatic rings. The molecule has 6 heteroatoms. The van der Waals surface area contributed by atoms with Gasteiger partial charge in [-0.3, -0.25) is 4.79 Å². The highest BCUT2D eigenvalue weighted by atomic mass is 16.5. The van der Waals surface area contributed by atoms with E-state index in [1.165, 1.54) is 10.4 Å². The van der Waals surface area contributed by atoms with Crippen molar-refractivity contribution in [3.63, 3.8) is 0 Å². The smallest absolute Gasteiger partial charge is 0.256 e. The van der Waals surface area contributed by atoms with Crippen molar-refractivity contribution in [2.45, 2.75) is 20.3 Å². The van der Waals surface area contributed by atoms with Crippen molar-refractivity contribution in [2.24, 2.45) is 0 Å². The first kappa shape index (κ1) is 20.6. The molecule has 0 unspecified atom stereocenters. The van der Waals surface area contributed by atoms with E-state index in [2.05, 4.69) is 28.4 Å². The zero-order valence-electron chi connectivity index (χ0n) is 18.1. The van der Waals surface area contributed by atoms with E-state index in [4.69, 9.17) is 4.74 Å². The average molecular weight is 415 g/mol. The number of hydrogen-bond donors (Lipinski definition) is 0. The van der Waals surface area contributed by atoms with Crippen molar-refractivity contribution in [1.82, 2.24) is 19.9 Å². The van der Waals surface area contributed by atoms with Gasteiger partial charge in [0.25, 0.3) is 5.91 Å². The van der Waals surface area contributed by atoms with Crippen LogP contribution < -0.4 is 4.74 Å². The first-order valence-corrected chi connectivity index (χ1v) is 10.4. The predicted molar refractivity (Wildman–Crippen MR) is 122 cm³/mol. The van der Waals surface area contributed by atoms with Crippen LogP contribution in [0.3, 0.4) is 0 Å². The molecular weight excluding hydrogens is 388 g/mol. The first-order valence-electron chi connectivity index (χ1n) is 10.4. The van der Waals surface area contributed by atoms with Gasteiger partial charge < -0.3 is 9.64 Å². The maximum atomic E-state index is 13.5. The Morgan fingerprint density at radius 1 is 1.03 bits per heavy atom. The second-order valence-electron chi connectivity index (χ2n) is 7.45. The maximum Gasteiger partial charge on any atom is 0.256 e. The molecule has 158 valence electrons. The Hall–Kier alpha value is -3.67. The SMILES string of the molecule is CCN(CCc1ccc(OC)c2ccccc12)C(=O)c1cc(C)ccc1-n1nccn1. The van der Waals surface area contributed by atoms with Crippen LogP contribution in [0.1, 0.15) is 28.4 Å². The van der Waals surface area contributed by atoms with Crippen LogP contribution in [0.5, 0.6) is 5.75 Å². The van der Waals surface area contributed by atoms with E-state index in [1.807, 2.05) is 55.1 Å². The molecule has 0 atom stereocenters. The molecule has 31 heavy (non-hydrogen) atoms. The Morgan fingerprint density at radius 2 is 1.77 bits per heavy atom. The second kappa shape index (κ2) is 9.00. The molecule has 4 rings (SSSR count).